The van der Waals surface area contributed by atoms with Gasteiger partial charge in [0.25, 0.3) is 5.91 Å². The first-order valence-corrected chi connectivity index (χ1v) is 12.1. The van der Waals surface area contributed by atoms with Crippen LogP contribution in [-0.2, 0) is 4.79 Å². The monoisotopic (exact) mass is 493 g/mol. The number of aromatic nitrogens is 3. The molecule has 34 heavy (non-hydrogen) atoms. The topological polar surface area (TPSA) is 90.6 Å². The molecule has 0 aliphatic heterocycles. The van der Waals surface area contributed by atoms with E-state index in [1.807, 2.05) is 72.2 Å². The molecule has 0 spiro atoms. The molecule has 2 aromatic carbocycles. The largest absolute Gasteiger partial charge is 0.493 e. The van der Waals surface area contributed by atoms with Crippen LogP contribution in [0.3, 0.4) is 0 Å². The number of aryl methyl sites for hydroxylation is 1. The fourth-order valence-electron chi connectivity index (χ4n) is 3.19. The Morgan fingerprint density at radius 1 is 1.09 bits per heavy atom. The van der Waals surface area contributed by atoms with Gasteiger partial charge in [0.15, 0.2) is 22.5 Å². The van der Waals surface area contributed by atoms with Gasteiger partial charge in [0, 0.05) is 21.0 Å². The molecule has 1 amide bonds. The highest BCUT2D eigenvalue weighted by molar-refractivity contribution is 7.99. The van der Waals surface area contributed by atoms with Gasteiger partial charge in [0.1, 0.15) is 0 Å². The molecule has 0 saturated heterocycles. The van der Waals surface area contributed by atoms with E-state index in [0.29, 0.717) is 22.5 Å². The minimum absolute atomic E-state index is 0.137. The van der Waals surface area contributed by atoms with E-state index in [2.05, 4.69) is 20.7 Å². The van der Waals surface area contributed by atoms with Crippen LogP contribution < -0.4 is 14.9 Å². The minimum atomic E-state index is -0.232. The Balaban J connectivity index is 1.55. The SMILES string of the molecule is COc1ccc(-c2nnc(SCC(=O)N/N=C\c3ccc(C)s3)n2-c2ccccc2)cc1OC. The third-order valence-corrected chi connectivity index (χ3v) is 6.63. The lowest BCUT2D eigenvalue weighted by Gasteiger charge is -2.12. The number of nitrogens with zero attached hydrogens (tertiary/aromatic N) is 4. The van der Waals surface area contributed by atoms with Crippen LogP contribution in [-0.4, -0.2) is 46.9 Å². The Labute approximate surface area is 205 Å². The average molecular weight is 494 g/mol. The standard InChI is InChI=1S/C24H23N5O3S2/c1-16-9-11-19(34-16)14-25-26-22(30)15-33-24-28-27-23(29(24)18-7-5-4-6-8-18)17-10-12-20(31-2)21(13-17)32-3/h4-14H,15H2,1-3H3,(H,26,30)/b25-14-. The summed E-state index contributed by atoms with van der Waals surface area (Å²) in [4.78, 5) is 14.5. The van der Waals surface area contributed by atoms with Gasteiger partial charge in [-0.1, -0.05) is 30.0 Å². The molecule has 2 heterocycles. The highest BCUT2D eigenvalue weighted by Gasteiger charge is 2.18. The minimum Gasteiger partial charge on any atom is -0.493 e. The van der Waals surface area contributed by atoms with Crippen molar-refractivity contribution in [2.24, 2.45) is 5.10 Å². The molecule has 0 fully saturated rings. The van der Waals surface area contributed by atoms with Crippen molar-refractivity contribution in [3.63, 3.8) is 0 Å². The zero-order valence-corrected chi connectivity index (χ0v) is 20.5. The molecule has 8 nitrogen and oxygen atoms in total. The van der Waals surface area contributed by atoms with Crippen LogP contribution in [0.2, 0.25) is 0 Å². The number of amides is 1. The van der Waals surface area contributed by atoms with E-state index in [1.54, 1.807) is 31.8 Å². The van der Waals surface area contributed by atoms with Crippen LogP contribution in [0, 0.1) is 6.92 Å². The molecule has 0 radical (unpaired) electrons. The molecule has 174 valence electrons. The molecule has 0 aliphatic rings. The summed E-state index contributed by atoms with van der Waals surface area (Å²) in [5, 5.41) is 13.4. The van der Waals surface area contributed by atoms with Gasteiger partial charge in [-0.2, -0.15) is 5.10 Å². The van der Waals surface area contributed by atoms with Gasteiger partial charge in [0.2, 0.25) is 0 Å². The quantitative estimate of drug-likeness (QED) is 0.209. The van der Waals surface area contributed by atoms with E-state index in [-0.39, 0.29) is 11.7 Å². The van der Waals surface area contributed by atoms with Crippen LogP contribution in [0.4, 0.5) is 0 Å². The number of hydrogen-bond donors (Lipinski definition) is 1. The van der Waals surface area contributed by atoms with Gasteiger partial charge < -0.3 is 9.47 Å². The normalized spacial score (nSPS) is 11.0. The summed E-state index contributed by atoms with van der Waals surface area (Å²) in [6, 6.07) is 19.3. The third kappa shape index (κ3) is 5.46. The Morgan fingerprint density at radius 3 is 2.59 bits per heavy atom. The van der Waals surface area contributed by atoms with Crippen LogP contribution in [0.25, 0.3) is 17.1 Å². The summed E-state index contributed by atoms with van der Waals surface area (Å²) in [5.41, 5.74) is 4.25. The van der Waals surface area contributed by atoms with Gasteiger partial charge in [-0.3, -0.25) is 9.36 Å². The van der Waals surface area contributed by atoms with Crippen LogP contribution in [0.1, 0.15) is 9.75 Å². The van der Waals surface area contributed by atoms with Gasteiger partial charge in [-0.25, -0.2) is 5.43 Å². The summed E-state index contributed by atoms with van der Waals surface area (Å²) in [7, 11) is 3.18. The van der Waals surface area contributed by atoms with Gasteiger partial charge in [-0.15, -0.1) is 21.5 Å². The number of rotatable bonds is 9. The first-order chi connectivity index (χ1) is 16.6. The van der Waals surface area contributed by atoms with E-state index in [1.165, 1.54) is 16.6 Å². The molecule has 0 saturated carbocycles. The van der Waals surface area contributed by atoms with E-state index >= 15 is 0 Å². The number of nitrogens with one attached hydrogen (secondary N) is 1. The van der Waals surface area contributed by atoms with Crippen LogP contribution in [0.15, 0.2) is 70.9 Å². The number of carbonyl (C=O) groups is 1. The van der Waals surface area contributed by atoms with Crippen molar-refractivity contribution in [1.29, 1.82) is 0 Å². The summed E-state index contributed by atoms with van der Waals surface area (Å²) >= 11 is 2.89. The fourth-order valence-corrected chi connectivity index (χ4v) is 4.68. The molecule has 0 unspecified atom stereocenters. The van der Waals surface area contributed by atoms with E-state index in [0.717, 1.165) is 16.1 Å². The van der Waals surface area contributed by atoms with Crippen molar-refractivity contribution in [3.05, 3.63) is 70.4 Å². The smallest absolute Gasteiger partial charge is 0.250 e. The van der Waals surface area contributed by atoms with E-state index < -0.39 is 0 Å². The number of benzene rings is 2. The predicted molar refractivity (Wildman–Crippen MR) is 135 cm³/mol. The fraction of sp³-hybridized carbons (Fsp3) is 0.167. The number of para-hydroxylation sites is 1. The van der Waals surface area contributed by atoms with E-state index in [9.17, 15) is 4.79 Å². The summed E-state index contributed by atoms with van der Waals surface area (Å²) in [6.07, 6.45) is 1.64. The van der Waals surface area contributed by atoms with Crippen molar-refractivity contribution in [3.8, 4) is 28.6 Å². The number of ether oxygens (including phenoxy) is 2. The first-order valence-electron chi connectivity index (χ1n) is 10.3. The maximum absolute atomic E-state index is 12.4. The molecule has 2 aromatic heterocycles. The Bertz CT molecular complexity index is 1300. The maximum Gasteiger partial charge on any atom is 0.250 e. The molecule has 4 aromatic rings. The van der Waals surface area contributed by atoms with Gasteiger partial charge >= 0.3 is 0 Å². The summed E-state index contributed by atoms with van der Waals surface area (Å²) in [6.45, 7) is 2.02. The van der Waals surface area contributed by atoms with Crippen LogP contribution >= 0.6 is 23.1 Å². The summed E-state index contributed by atoms with van der Waals surface area (Å²) in [5.74, 6) is 1.75. The highest BCUT2D eigenvalue weighted by Crippen LogP contribution is 2.34. The predicted octanol–water partition coefficient (Wildman–Crippen LogP) is 4.56. The van der Waals surface area contributed by atoms with E-state index in [4.69, 9.17) is 9.47 Å². The first kappa shape index (κ1) is 23.5. The van der Waals surface area contributed by atoms with Gasteiger partial charge in [0.05, 0.1) is 26.2 Å². The number of carbonyl (C=O) groups excluding carboxylic acids is 1. The van der Waals surface area contributed by atoms with Crippen molar-refractivity contribution in [2.45, 2.75) is 12.1 Å². The number of hydrogen-bond acceptors (Lipinski definition) is 8. The lowest BCUT2D eigenvalue weighted by Crippen LogP contribution is -2.19. The third-order valence-electron chi connectivity index (χ3n) is 4.76. The molecule has 0 bridgehead atoms. The Morgan fingerprint density at radius 2 is 1.88 bits per heavy atom. The Hall–Kier alpha value is -3.63. The number of thioether (sulfide) groups is 1. The molecule has 0 atom stereocenters. The zero-order valence-electron chi connectivity index (χ0n) is 18.9. The molecular weight excluding hydrogens is 470 g/mol. The molecular formula is C24H23N5O3S2. The molecule has 4 rings (SSSR count). The highest BCUT2D eigenvalue weighted by atomic mass is 32.2. The number of hydrazone groups is 1. The second-order valence-corrected chi connectivity index (χ2v) is 9.34. The van der Waals surface area contributed by atoms with Crippen molar-refractivity contribution >= 4 is 35.2 Å². The number of methoxy groups -OCH3 is 2. The molecule has 1 N–H and O–H groups in total. The lowest BCUT2D eigenvalue weighted by atomic mass is 10.2. The molecule has 0 aliphatic carbocycles. The number of thiophene rings is 1. The van der Waals surface area contributed by atoms with Crippen molar-refractivity contribution in [1.82, 2.24) is 20.2 Å². The maximum atomic E-state index is 12.4. The second kappa shape index (κ2) is 11.0. The second-order valence-electron chi connectivity index (χ2n) is 7.08. The summed E-state index contributed by atoms with van der Waals surface area (Å²) < 4.78 is 12.7. The Kier molecular flexibility index (Phi) is 7.61. The van der Waals surface area contributed by atoms with Gasteiger partial charge in [-0.05, 0) is 49.4 Å². The van der Waals surface area contributed by atoms with Crippen LogP contribution in [0.5, 0.6) is 11.5 Å². The molecule has 10 heteroatoms. The zero-order chi connectivity index (χ0) is 23.9. The average Bonchev–Trinajstić information content (AvgIpc) is 3.48. The van der Waals surface area contributed by atoms with Crippen molar-refractivity contribution in [2.75, 3.05) is 20.0 Å². The lowest BCUT2D eigenvalue weighted by molar-refractivity contribution is -0.118. The van der Waals surface area contributed by atoms with Crippen molar-refractivity contribution < 1.29 is 14.3 Å².